The number of nitrogens with one attached hydrogen (secondary N) is 1. The van der Waals surface area contributed by atoms with Crippen molar-refractivity contribution in [3.8, 4) is 11.5 Å². The molecule has 1 atom stereocenters. The molecule has 5 heteroatoms. The van der Waals surface area contributed by atoms with Gasteiger partial charge in [0, 0.05) is 19.3 Å². The maximum Gasteiger partial charge on any atom is 0.152 e. The molecule has 0 saturated heterocycles. The molecule has 0 aliphatic rings. The summed E-state index contributed by atoms with van der Waals surface area (Å²) >= 11 is 0. The number of aromatic nitrogens is 2. The summed E-state index contributed by atoms with van der Waals surface area (Å²) in [5, 5.41) is 6.81. The molecule has 0 amide bonds. The SMILES string of the molecule is CCO[C@H](C)CN(C)Cc1ccc(-c2ccn[nH]2)o1. The zero-order valence-corrected chi connectivity index (χ0v) is 11.7. The molecule has 19 heavy (non-hydrogen) atoms. The summed E-state index contributed by atoms with van der Waals surface area (Å²) < 4.78 is 11.3. The molecule has 0 aliphatic heterocycles. The Balaban J connectivity index is 1.89. The molecule has 0 saturated carbocycles. The highest BCUT2D eigenvalue weighted by atomic mass is 16.5. The quantitative estimate of drug-likeness (QED) is 0.834. The number of hydrogen-bond acceptors (Lipinski definition) is 4. The largest absolute Gasteiger partial charge is 0.458 e. The van der Waals surface area contributed by atoms with Gasteiger partial charge in [-0.05, 0) is 39.1 Å². The zero-order valence-electron chi connectivity index (χ0n) is 11.7. The fraction of sp³-hybridized carbons (Fsp3) is 0.500. The number of rotatable bonds is 7. The van der Waals surface area contributed by atoms with Crippen LogP contribution in [0, 0.1) is 0 Å². The normalized spacial score (nSPS) is 13.1. The zero-order chi connectivity index (χ0) is 13.7. The van der Waals surface area contributed by atoms with Crippen LogP contribution in [0.4, 0.5) is 0 Å². The van der Waals surface area contributed by atoms with Crippen LogP contribution in [0.25, 0.3) is 11.5 Å². The van der Waals surface area contributed by atoms with Gasteiger partial charge in [-0.3, -0.25) is 10.00 Å². The van der Waals surface area contributed by atoms with Gasteiger partial charge in [0.1, 0.15) is 11.5 Å². The van der Waals surface area contributed by atoms with Crippen LogP contribution in [0.3, 0.4) is 0 Å². The average molecular weight is 263 g/mol. The standard InChI is InChI=1S/C14H21N3O2/c1-4-18-11(2)9-17(3)10-12-5-6-14(19-12)13-7-8-15-16-13/h5-8,11H,4,9-10H2,1-3H3,(H,15,16)/t11-/m1/s1. The number of aromatic amines is 1. The van der Waals surface area contributed by atoms with Crippen LogP contribution in [-0.4, -0.2) is 41.4 Å². The molecule has 2 aromatic rings. The predicted octanol–water partition coefficient (Wildman–Crippen LogP) is 2.53. The summed E-state index contributed by atoms with van der Waals surface area (Å²) in [7, 11) is 2.06. The summed E-state index contributed by atoms with van der Waals surface area (Å²) in [6, 6.07) is 5.85. The van der Waals surface area contributed by atoms with E-state index in [4.69, 9.17) is 9.15 Å². The molecule has 1 N–H and O–H groups in total. The first-order chi connectivity index (χ1) is 9.19. The van der Waals surface area contributed by atoms with E-state index < -0.39 is 0 Å². The minimum absolute atomic E-state index is 0.233. The minimum Gasteiger partial charge on any atom is -0.458 e. The van der Waals surface area contributed by atoms with Crippen LogP contribution in [0.1, 0.15) is 19.6 Å². The summed E-state index contributed by atoms with van der Waals surface area (Å²) in [5.74, 6) is 1.76. The van der Waals surface area contributed by atoms with Gasteiger partial charge in [0.05, 0.1) is 12.6 Å². The van der Waals surface area contributed by atoms with Crippen LogP contribution >= 0.6 is 0 Å². The van der Waals surface area contributed by atoms with Gasteiger partial charge in [0.2, 0.25) is 0 Å². The Labute approximate surface area is 113 Å². The fourth-order valence-corrected chi connectivity index (χ4v) is 2.11. The third-order valence-corrected chi connectivity index (χ3v) is 2.87. The highest BCUT2D eigenvalue weighted by Crippen LogP contribution is 2.20. The van der Waals surface area contributed by atoms with Gasteiger partial charge in [0.15, 0.2) is 5.76 Å². The van der Waals surface area contributed by atoms with Crippen molar-refractivity contribution >= 4 is 0 Å². The van der Waals surface area contributed by atoms with E-state index in [0.717, 1.165) is 36.9 Å². The van der Waals surface area contributed by atoms with Crippen molar-refractivity contribution in [2.75, 3.05) is 20.2 Å². The van der Waals surface area contributed by atoms with Gasteiger partial charge >= 0.3 is 0 Å². The molecule has 104 valence electrons. The lowest BCUT2D eigenvalue weighted by molar-refractivity contribution is 0.0491. The molecule has 2 rings (SSSR count). The summed E-state index contributed by atoms with van der Waals surface area (Å²) in [6.07, 6.45) is 1.95. The summed E-state index contributed by atoms with van der Waals surface area (Å²) in [4.78, 5) is 2.19. The van der Waals surface area contributed by atoms with E-state index in [1.807, 2.05) is 25.1 Å². The fourth-order valence-electron chi connectivity index (χ4n) is 2.11. The molecular weight excluding hydrogens is 242 g/mol. The Bertz CT molecular complexity index is 479. The number of hydrogen-bond donors (Lipinski definition) is 1. The second kappa shape index (κ2) is 6.54. The minimum atomic E-state index is 0.233. The summed E-state index contributed by atoms with van der Waals surface area (Å²) in [5.41, 5.74) is 0.900. The Hall–Kier alpha value is -1.59. The topological polar surface area (TPSA) is 54.3 Å². The van der Waals surface area contributed by atoms with Gasteiger partial charge in [0.25, 0.3) is 0 Å². The molecule has 0 aliphatic carbocycles. The Morgan fingerprint density at radius 1 is 1.42 bits per heavy atom. The highest BCUT2D eigenvalue weighted by Gasteiger charge is 2.10. The second-order valence-corrected chi connectivity index (χ2v) is 4.70. The number of nitrogens with zero attached hydrogens (tertiary/aromatic N) is 2. The van der Waals surface area contributed by atoms with Crippen LogP contribution in [0.5, 0.6) is 0 Å². The molecule has 0 spiro atoms. The smallest absolute Gasteiger partial charge is 0.152 e. The van der Waals surface area contributed by atoms with Crippen molar-refractivity contribution in [2.45, 2.75) is 26.5 Å². The van der Waals surface area contributed by atoms with E-state index in [1.165, 1.54) is 0 Å². The van der Waals surface area contributed by atoms with Crippen molar-refractivity contribution in [1.82, 2.24) is 15.1 Å². The van der Waals surface area contributed by atoms with E-state index in [1.54, 1.807) is 6.20 Å². The molecule has 0 fully saturated rings. The van der Waals surface area contributed by atoms with Crippen molar-refractivity contribution in [2.24, 2.45) is 0 Å². The molecule has 0 aromatic carbocycles. The average Bonchev–Trinajstić information content (AvgIpc) is 2.98. The molecule has 0 radical (unpaired) electrons. The van der Waals surface area contributed by atoms with Crippen LogP contribution < -0.4 is 0 Å². The predicted molar refractivity (Wildman–Crippen MR) is 73.7 cm³/mol. The number of furan rings is 1. The van der Waals surface area contributed by atoms with Crippen LogP contribution in [0.15, 0.2) is 28.8 Å². The van der Waals surface area contributed by atoms with Gasteiger partial charge in [-0.2, -0.15) is 5.10 Å². The third kappa shape index (κ3) is 3.94. The lowest BCUT2D eigenvalue weighted by Gasteiger charge is -2.20. The first-order valence-electron chi connectivity index (χ1n) is 6.57. The molecule has 2 aromatic heterocycles. The van der Waals surface area contributed by atoms with Gasteiger partial charge in [-0.15, -0.1) is 0 Å². The highest BCUT2D eigenvalue weighted by molar-refractivity contribution is 5.51. The maximum atomic E-state index is 5.79. The van der Waals surface area contributed by atoms with E-state index >= 15 is 0 Å². The third-order valence-electron chi connectivity index (χ3n) is 2.87. The first kappa shape index (κ1) is 13.8. The van der Waals surface area contributed by atoms with E-state index in [0.29, 0.717) is 0 Å². The number of likely N-dealkylation sites (N-methyl/N-ethyl adjacent to an activating group) is 1. The van der Waals surface area contributed by atoms with Crippen molar-refractivity contribution in [3.63, 3.8) is 0 Å². The van der Waals surface area contributed by atoms with E-state index in [-0.39, 0.29) is 6.10 Å². The number of H-pyrrole nitrogens is 1. The Morgan fingerprint density at radius 3 is 2.95 bits per heavy atom. The lowest BCUT2D eigenvalue weighted by Crippen LogP contribution is -2.28. The molecular formula is C14H21N3O2. The van der Waals surface area contributed by atoms with E-state index in [2.05, 4.69) is 29.1 Å². The second-order valence-electron chi connectivity index (χ2n) is 4.70. The molecule has 0 bridgehead atoms. The van der Waals surface area contributed by atoms with Crippen LogP contribution in [-0.2, 0) is 11.3 Å². The number of ether oxygens (including phenoxy) is 1. The maximum absolute atomic E-state index is 5.79. The lowest BCUT2D eigenvalue weighted by atomic mass is 10.3. The van der Waals surface area contributed by atoms with E-state index in [9.17, 15) is 0 Å². The van der Waals surface area contributed by atoms with Crippen molar-refractivity contribution in [3.05, 3.63) is 30.2 Å². The van der Waals surface area contributed by atoms with Crippen molar-refractivity contribution in [1.29, 1.82) is 0 Å². The first-order valence-corrected chi connectivity index (χ1v) is 6.57. The molecule has 0 unspecified atom stereocenters. The van der Waals surface area contributed by atoms with Gasteiger partial charge in [-0.25, -0.2) is 0 Å². The Kier molecular flexibility index (Phi) is 4.76. The Morgan fingerprint density at radius 2 is 2.26 bits per heavy atom. The molecule has 5 nitrogen and oxygen atoms in total. The monoisotopic (exact) mass is 263 g/mol. The molecule has 2 heterocycles. The van der Waals surface area contributed by atoms with Crippen molar-refractivity contribution < 1.29 is 9.15 Å². The summed E-state index contributed by atoms with van der Waals surface area (Å²) in [6.45, 7) is 6.50. The van der Waals surface area contributed by atoms with Gasteiger partial charge < -0.3 is 9.15 Å². The van der Waals surface area contributed by atoms with Gasteiger partial charge in [-0.1, -0.05) is 0 Å². The van der Waals surface area contributed by atoms with Crippen LogP contribution in [0.2, 0.25) is 0 Å².